The third kappa shape index (κ3) is 4.90. The van der Waals surface area contributed by atoms with Gasteiger partial charge in [0.05, 0.1) is 18.4 Å². The quantitative estimate of drug-likeness (QED) is 0.869. The molecule has 0 aliphatic carbocycles. The lowest BCUT2D eigenvalue weighted by Gasteiger charge is -2.11. The summed E-state index contributed by atoms with van der Waals surface area (Å²) in [7, 11) is 0. The number of benzene rings is 1. The fourth-order valence-electron chi connectivity index (χ4n) is 1.79. The minimum absolute atomic E-state index is 0.139. The van der Waals surface area contributed by atoms with Gasteiger partial charge in [-0.05, 0) is 38.1 Å². The van der Waals surface area contributed by atoms with E-state index in [2.05, 4.69) is 26.3 Å². The first kappa shape index (κ1) is 15.6. The van der Waals surface area contributed by atoms with Crippen LogP contribution in [0.1, 0.15) is 13.8 Å². The molecule has 0 fully saturated rings. The van der Waals surface area contributed by atoms with Crippen LogP contribution in [0.2, 0.25) is 0 Å². The molecule has 0 saturated carbocycles. The van der Waals surface area contributed by atoms with Gasteiger partial charge in [0.1, 0.15) is 12.4 Å². The lowest BCUT2D eigenvalue weighted by molar-refractivity contribution is 0.288. The molecule has 112 valence electrons. The summed E-state index contributed by atoms with van der Waals surface area (Å²) < 4.78 is 7.97. The predicted octanol–water partition coefficient (Wildman–Crippen LogP) is 2.91. The lowest BCUT2D eigenvalue weighted by atomic mass is 10.3. The molecule has 0 unspecified atom stereocenters. The second kappa shape index (κ2) is 7.26. The van der Waals surface area contributed by atoms with E-state index < -0.39 is 0 Å². The van der Waals surface area contributed by atoms with Gasteiger partial charge in [0.15, 0.2) is 0 Å². The summed E-state index contributed by atoms with van der Waals surface area (Å²) in [4.78, 5) is 11.9. The Balaban J connectivity index is 1.91. The topological polar surface area (TPSA) is 56.1 Å². The molecule has 5 nitrogen and oxygen atoms in total. The molecule has 0 aliphatic rings. The summed E-state index contributed by atoms with van der Waals surface area (Å²) in [6.07, 6.45) is 1.65. The van der Waals surface area contributed by atoms with Crippen molar-refractivity contribution in [2.45, 2.75) is 26.4 Å². The van der Waals surface area contributed by atoms with Crippen LogP contribution in [0.3, 0.4) is 0 Å². The minimum Gasteiger partial charge on any atom is -0.492 e. The number of halogens is 1. The van der Waals surface area contributed by atoms with Gasteiger partial charge in [-0.1, -0.05) is 15.9 Å². The van der Waals surface area contributed by atoms with Gasteiger partial charge in [0.25, 0.3) is 5.56 Å². The average molecular weight is 352 g/mol. The van der Waals surface area contributed by atoms with Crippen LogP contribution >= 0.6 is 15.9 Å². The second-order valence-electron chi connectivity index (χ2n) is 4.91. The lowest BCUT2D eigenvalue weighted by Crippen LogP contribution is -2.26. The number of rotatable bonds is 6. The zero-order valence-electron chi connectivity index (χ0n) is 12.0. The molecule has 2 rings (SSSR count). The number of ether oxygens (including phenoxy) is 1. The predicted molar refractivity (Wildman–Crippen MR) is 86.9 cm³/mol. The van der Waals surface area contributed by atoms with E-state index in [4.69, 9.17) is 4.74 Å². The van der Waals surface area contributed by atoms with Crippen molar-refractivity contribution >= 4 is 21.6 Å². The first-order valence-corrected chi connectivity index (χ1v) is 7.56. The number of aromatic nitrogens is 2. The van der Waals surface area contributed by atoms with Crippen LogP contribution in [0.4, 0.5) is 5.69 Å². The maximum atomic E-state index is 11.9. The van der Waals surface area contributed by atoms with Crippen LogP contribution in [-0.2, 0) is 6.54 Å². The van der Waals surface area contributed by atoms with Crippen LogP contribution < -0.4 is 15.6 Å². The normalized spacial score (nSPS) is 10.7. The zero-order valence-corrected chi connectivity index (χ0v) is 13.6. The maximum Gasteiger partial charge on any atom is 0.268 e. The number of hydrogen-bond acceptors (Lipinski definition) is 4. The molecule has 0 radical (unpaired) electrons. The average Bonchev–Trinajstić information content (AvgIpc) is 2.43. The third-order valence-electron chi connectivity index (χ3n) is 2.71. The molecule has 1 aromatic carbocycles. The zero-order chi connectivity index (χ0) is 15.2. The highest BCUT2D eigenvalue weighted by molar-refractivity contribution is 9.10. The molecule has 6 heteroatoms. The Morgan fingerprint density at radius 2 is 2.05 bits per heavy atom. The smallest absolute Gasteiger partial charge is 0.268 e. The highest BCUT2D eigenvalue weighted by Gasteiger charge is 2.02. The summed E-state index contributed by atoms with van der Waals surface area (Å²) in [6.45, 7) is 4.83. The molecular formula is C15H18BrN3O2. The molecule has 21 heavy (non-hydrogen) atoms. The van der Waals surface area contributed by atoms with Crippen LogP contribution in [-0.4, -0.2) is 22.4 Å². The number of nitrogens with zero attached hydrogens (tertiary/aromatic N) is 2. The van der Waals surface area contributed by atoms with Crippen LogP contribution in [0.15, 0.2) is 45.8 Å². The van der Waals surface area contributed by atoms with E-state index in [0.717, 1.165) is 15.9 Å². The summed E-state index contributed by atoms with van der Waals surface area (Å²) in [5, 5.41) is 7.28. The molecule has 1 N–H and O–H groups in total. The molecule has 0 bridgehead atoms. The Morgan fingerprint density at radius 1 is 1.33 bits per heavy atom. The maximum absolute atomic E-state index is 11.9. The molecule has 2 aromatic rings. The fraction of sp³-hybridized carbons (Fsp3) is 0.333. The molecule has 0 atom stereocenters. The summed E-state index contributed by atoms with van der Waals surface area (Å²) in [5.74, 6) is 0.768. The molecular weight excluding hydrogens is 334 g/mol. The summed E-state index contributed by atoms with van der Waals surface area (Å²) in [5.41, 5.74) is 0.597. The van der Waals surface area contributed by atoms with Crippen molar-refractivity contribution in [3.63, 3.8) is 0 Å². The Hall–Kier alpha value is -1.82. The Kier molecular flexibility index (Phi) is 5.38. The fourth-order valence-corrected chi connectivity index (χ4v) is 2.06. The van der Waals surface area contributed by atoms with E-state index in [1.165, 1.54) is 4.68 Å². The van der Waals surface area contributed by atoms with Crippen LogP contribution in [0.25, 0.3) is 0 Å². The highest BCUT2D eigenvalue weighted by atomic mass is 79.9. The number of anilines is 1. The van der Waals surface area contributed by atoms with Gasteiger partial charge >= 0.3 is 0 Å². The van der Waals surface area contributed by atoms with E-state index in [9.17, 15) is 4.79 Å². The van der Waals surface area contributed by atoms with Crippen molar-refractivity contribution in [3.05, 3.63) is 51.4 Å². The third-order valence-corrected chi connectivity index (χ3v) is 3.24. The summed E-state index contributed by atoms with van der Waals surface area (Å²) in [6, 6.07) is 9.37. The monoisotopic (exact) mass is 351 g/mol. The van der Waals surface area contributed by atoms with E-state index in [-0.39, 0.29) is 11.6 Å². The SMILES string of the molecule is CC(C)Nc1cnn(CCOc2ccc(Br)cc2)c(=O)c1. The van der Waals surface area contributed by atoms with Crippen LogP contribution in [0, 0.1) is 0 Å². The molecule has 1 heterocycles. The first-order valence-electron chi connectivity index (χ1n) is 6.76. The van der Waals surface area contributed by atoms with Crippen LogP contribution in [0.5, 0.6) is 5.75 Å². The minimum atomic E-state index is -0.139. The van der Waals surface area contributed by atoms with Crippen molar-refractivity contribution in [3.8, 4) is 5.75 Å². The molecule has 0 saturated heterocycles. The molecule has 0 amide bonds. The molecule has 0 aliphatic heterocycles. The standard InChI is InChI=1S/C15H18BrN3O2/c1-11(2)18-13-9-15(20)19(17-10-13)7-8-21-14-5-3-12(16)4-6-14/h3-6,9-11,18H,7-8H2,1-2H3. The first-order chi connectivity index (χ1) is 10.0. The van der Waals surface area contributed by atoms with E-state index in [0.29, 0.717) is 13.2 Å². The van der Waals surface area contributed by atoms with E-state index >= 15 is 0 Å². The Labute approximate surface area is 132 Å². The van der Waals surface area contributed by atoms with Gasteiger partial charge in [-0.15, -0.1) is 0 Å². The second-order valence-corrected chi connectivity index (χ2v) is 5.82. The van der Waals surface area contributed by atoms with E-state index in [1.54, 1.807) is 12.3 Å². The van der Waals surface area contributed by atoms with Crippen molar-refractivity contribution in [1.29, 1.82) is 0 Å². The van der Waals surface area contributed by atoms with Gasteiger partial charge in [0.2, 0.25) is 0 Å². The van der Waals surface area contributed by atoms with Gasteiger partial charge in [0, 0.05) is 16.6 Å². The van der Waals surface area contributed by atoms with Crippen molar-refractivity contribution in [2.75, 3.05) is 11.9 Å². The van der Waals surface area contributed by atoms with Gasteiger partial charge in [-0.3, -0.25) is 4.79 Å². The number of hydrogen-bond donors (Lipinski definition) is 1. The highest BCUT2D eigenvalue weighted by Crippen LogP contribution is 2.15. The summed E-state index contributed by atoms with van der Waals surface area (Å²) >= 11 is 3.37. The van der Waals surface area contributed by atoms with Crippen molar-refractivity contribution < 1.29 is 4.74 Å². The van der Waals surface area contributed by atoms with E-state index in [1.807, 2.05) is 38.1 Å². The Morgan fingerprint density at radius 3 is 2.67 bits per heavy atom. The van der Waals surface area contributed by atoms with Crippen molar-refractivity contribution in [1.82, 2.24) is 9.78 Å². The Bertz CT molecular complexity index is 638. The molecule has 0 spiro atoms. The largest absolute Gasteiger partial charge is 0.492 e. The van der Waals surface area contributed by atoms with Crippen molar-refractivity contribution in [2.24, 2.45) is 0 Å². The number of nitrogens with one attached hydrogen (secondary N) is 1. The van der Waals surface area contributed by atoms with Gasteiger partial charge < -0.3 is 10.1 Å². The van der Waals surface area contributed by atoms with Gasteiger partial charge in [-0.25, -0.2) is 4.68 Å². The van der Waals surface area contributed by atoms with Gasteiger partial charge in [-0.2, -0.15) is 5.10 Å². The molecule has 1 aromatic heterocycles.